The van der Waals surface area contributed by atoms with Gasteiger partial charge < -0.3 is 4.90 Å². The molecule has 1 heteroatoms. The summed E-state index contributed by atoms with van der Waals surface area (Å²) < 4.78 is 0. The second kappa shape index (κ2) is 10.9. The standard InChI is InChI=1S/C19H33N/c1-4-5-6-7-8-9-10-11-14-17-20(3)19-16-13-12-15-18(19)2/h12-13,15-16H,4-11,14,17H2,1-3H3/p+1. The van der Waals surface area contributed by atoms with E-state index in [4.69, 9.17) is 0 Å². The van der Waals surface area contributed by atoms with Crippen LogP contribution in [0.5, 0.6) is 0 Å². The molecule has 1 nitrogen and oxygen atoms in total. The topological polar surface area (TPSA) is 4.44 Å². The average Bonchev–Trinajstić information content (AvgIpc) is 2.46. The van der Waals surface area contributed by atoms with Crippen molar-refractivity contribution in [3.8, 4) is 0 Å². The molecule has 0 amide bonds. The summed E-state index contributed by atoms with van der Waals surface area (Å²) in [6.45, 7) is 5.77. The van der Waals surface area contributed by atoms with Crippen LogP contribution in [0.2, 0.25) is 0 Å². The van der Waals surface area contributed by atoms with Gasteiger partial charge in [0.05, 0.1) is 13.6 Å². The number of para-hydroxylation sites is 1. The molecule has 0 saturated carbocycles. The molecule has 0 aromatic heterocycles. The SMILES string of the molecule is CCCCCCCCCCC[NH+](C)c1ccccc1C. The smallest absolute Gasteiger partial charge is 0.133 e. The lowest BCUT2D eigenvalue weighted by molar-refractivity contribution is -0.810. The molecule has 1 unspecified atom stereocenters. The molecule has 0 bridgehead atoms. The van der Waals surface area contributed by atoms with Crippen LogP contribution in [0, 0.1) is 6.92 Å². The first-order valence-corrected chi connectivity index (χ1v) is 8.64. The highest BCUT2D eigenvalue weighted by molar-refractivity contribution is 5.37. The first-order valence-electron chi connectivity index (χ1n) is 8.64. The van der Waals surface area contributed by atoms with E-state index in [1.807, 2.05) is 0 Å². The van der Waals surface area contributed by atoms with E-state index in [1.165, 1.54) is 75.6 Å². The van der Waals surface area contributed by atoms with Crippen LogP contribution in [-0.4, -0.2) is 13.6 Å². The van der Waals surface area contributed by atoms with Crippen LogP contribution in [0.1, 0.15) is 70.3 Å². The maximum atomic E-state index is 2.30. The molecule has 0 aliphatic heterocycles. The Hall–Kier alpha value is -0.820. The third kappa shape index (κ3) is 7.09. The fraction of sp³-hybridized carbons (Fsp3) is 0.684. The van der Waals surface area contributed by atoms with Gasteiger partial charge in [0.15, 0.2) is 0 Å². The number of hydrogen-bond donors (Lipinski definition) is 1. The van der Waals surface area contributed by atoms with Gasteiger partial charge in [-0.05, 0) is 25.8 Å². The lowest BCUT2D eigenvalue weighted by Crippen LogP contribution is -3.04. The molecule has 0 spiro atoms. The molecule has 1 aromatic carbocycles. The summed E-state index contributed by atoms with van der Waals surface area (Å²) in [4.78, 5) is 1.56. The van der Waals surface area contributed by atoms with E-state index in [2.05, 4.69) is 45.2 Å². The summed E-state index contributed by atoms with van der Waals surface area (Å²) in [7, 11) is 2.30. The zero-order valence-corrected chi connectivity index (χ0v) is 13.9. The molecule has 0 fully saturated rings. The van der Waals surface area contributed by atoms with Gasteiger partial charge in [0.25, 0.3) is 0 Å². The minimum absolute atomic E-state index is 1.26. The lowest BCUT2D eigenvalue weighted by Gasteiger charge is -2.15. The van der Waals surface area contributed by atoms with Crippen molar-refractivity contribution in [1.29, 1.82) is 0 Å². The van der Waals surface area contributed by atoms with E-state index in [-0.39, 0.29) is 0 Å². The Bertz CT molecular complexity index is 345. The molecule has 20 heavy (non-hydrogen) atoms. The minimum Gasteiger partial charge on any atom is -0.305 e. The molecule has 0 aliphatic rings. The Morgan fingerprint density at radius 2 is 1.35 bits per heavy atom. The Balaban J connectivity index is 2.03. The van der Waals surface area contributed by atoms with E-state index >= 15 is 0 Å². The summed E-state index contributed by atoms with van der Waals surface area (Å²) in [5.41, 5.74) is 2.88. The van der Waals surface area contributed by atoms with Crippen molar-refractivity contribution in [1.82, 2.24) is 0 Å². The largest absolute Gasteiger partial charge is 0.305 e. The van der Waals surface area contributed by atoms with Crippen LogP contribution < -0.4 is 4.90 Å². The van der Waals surface area contributed by atoms with Gasteiger partial charge in [-0.1, -0.05) is 70.1 Å². The van der Waals surface area contributed by atoms with Gasteiger partial charge >= 0.3 is 0 Å². The van der Waals surface area contributed by atoms with Crippen molar-refractivity contribution in [3.63, 3.8) is 0 Å². The molecule has 1 N–H and O–H groups in total. The highest BCUT2D eigenvalue weighted by Gasteiger charge is 2.08. The lowest BCUT2D eigenvalue weighted by atomic mass is 10.1. The van der Waals surface area contributed by atoms with Gasteiger partial charge in [-0.3, -0.25) is 0 Å². The zero-order chi connectivity index (χ0) is 14.6. The molecule has 1 aromatic rings. The van der Waals surface area contributed by atoms with E-state index in [9.17, 15) is 0 Å². The number of hydrogen-bond acceptors (Lipinski definition) is 0. The van der Waals surface area contributed by atoms with Gasteiger partial charge in [-0.25, -0.2) is 0 Å². The van der Waals surface area contributed by atoms with Crippen LogP contribution in [0.15, 0.2) is 24.3 Å². The number of unbranched alkanes of at least 4 members (excludes halogenated alkanes) is 8. The molecular weight excluding hydrogens is 242 g/mol. The maximum Gasteiger partial charge on any atom is 0.133 e. The third-order valence-electron chi connectivity index (χ3n) is 4.26. The van der Waals surface area contributed by atoms with E-state index in [1.54, 1.807) is 4.90 Å². The molecule has 1 rings (SSSR count). The summed E-state index contributed by atoms with van der Waals surface area (Å²) in [5, 5.41) is 0. The Morgan fingerprint density at radius 3 is 1.95 bits per heavy atom. The second-order valence-corrected chi connectivity index (χ2v) is 6.17. The van der Waals surface area contributed by atoms with Crippen molar-refractivity contribution in [2.75, 3.05) is 13.6 Å². The number of nitrogens with one attached hydrogen (secondary N) is 1. The van der Waals surface area contributed by atoms with Crippen LogP contribution in [0.25, 0.3) is 0 Å². The number of aryl methyl sites for hydroxylation is 1. The van der Waals surface area contributed by atoms with Gasteiger partial charge in [0.1, 0.15) is 5.69 Å². The van der Waals surface area contributed by atoms with Crippen molar-refractivity contribution < 1.29 is 4.90 Å². The molecule has 0 saturated heterocycles. The average molecular weight is 276 g/mol. The number of quaternary nitrogens is 1. The third-order valence-corrected chi connectivity index (χ3v) is 4.26. The van der Waals surface area contributed by atoms with Crippen molar-refractivity contribution in [2.24, 2.45) is 0 Å². The highest BCUT2D eigenvalue weighted by Crippen LogP contribution is 2.10. The zero-order valence-electron chi connectivity index (χ0n) is 13.9. The summed E-state index contributed by atoms with van der Waals surface area (Å²) in [5.74, 6) is 0. The second-order valence-electron chi connectivity index (χ2n) is 6.17. The van der Waals surface area contributed by atoms with Crippen LogP contribution in [0.3, 0.4) is 0 Å². The molecule has 0 radical (unpaired) electrons. The van der Waals surface area contributed by atoms with Crippen LogP contribution >= 0.6 is 0 Å². The molecule has 114 valence electrons. The van der Waals surface area contributed by atoms with Crippen LogP contribution in [0.4, 0.5) is 5.69 Å². The molecular formula is C19H34N+. The fourth-order valence-electron chi connectivity index (χ4n) is 2.89. The first kappa shape index (κ1) is 17.2. The molecule has 1 atom stereocenters. The number of benzene rings is 1. The Morgan fingerprint density at radius 1 is 0.800 bits per heavy atom. The van der Waals surface area contributed by atoms with Gasteiger partial charge in [0.2, 0.25) is 0 Å². The normalized spacial score (nSPS) is 12.6. The summed E-state index contributed by atoms with van der Waals surface area (Å²) >= 11 is 0. The quantitative estimate of drug-likeness (QED) is 0.560. The van der Waals surface area contributed by atoms with Gasteiger partial charge in [0, 0.05) is 5.56 Å². The predicted molar refractivity (Wildman–Crippen MR) is 89.8 cm³/mol. The first-order chi connectivity index (χ1) is 9.75. The van der Waals surface area contributed by atoms with Gasteiger partial charge in [-0.2, -0.15) is 0 Å². The van der Waals surface area contributed by atoms with Gasteiger partial charge in [-0.15, -0.1) is 0 Å². The summed E-state index contributed by atoms with van der Waals surface area (Å²) in [6, 6.07) is 8.76. The monoisotopic (exact) mass is 276 g/mol. The Labute approximate surface area is 126 Å². The predicted octanol–water partition coefficient (Wildman–Crippen LogP) is 4.67. The molecule has 0 heterocycles. The van der Waals surface area contributed by atoms with E-state index < -0.39 is 0 Å². The summed E-state index contributed by atoms with van der Waals surface area (Å²) in [6.07, 6.45) is 12.7. The van der Waals surface area contributed by atoms with E-state index in [0.717, 1.165) is 0 Å². The minimum atomic E-state index is 1.26. The Kier molecular flexibility index (Phi) is 9.40. The van der Waals surface area contributed by atoms with Crippen LogP contribution in [-0.2, 0) is 0 Å². The van der Waals surface area contributed by atoms with E-state index in [0.29, 0.717) is 0 Å². The van der Waals surface area contributed by atoms with Crippen molar-refractivity contribution in [2.45, 2.75) is 71.6 Å². The highest BCUT2D eigenvalue weighted by atomic mass is 15.1. The maximum absolute atomic E-state index is 2.30. The van der Waals surface area contributed by atoms with Crippen molar-refractivity contribution in [3.05, 3.63) is 29.8 Å². The number of rotatable bonds is 11. The van der Waals surface area contributed by atoms with Crippen molar-refractivity contribution >= 4 is 5.69 Å². The fourth-order valence-corrected chi connectivity index (χ4v) is 2.89. The molecule has 0 aliphatic carbocycles.